The highest BCUT2D eigenvalue weighted by atomic mass is 16.5. The van der Waals surface area contributed by atoms with Crippen molar-refractivity contribution in [3.05, 3.63) is 22.9 Å². The van der Waals surface area contributed by atoms with Gasteiger partial charge in [-0.2, -0.15) is 0 Å². The van der Waals surface area contributed by atoms with Crippen molar-refractivity contribution in [3.63, 3.8) is 0 Å². The fourth-order valence-electron chi connectivity index (χ4n) is 1.25. The Hall–Kier alpha value is -1.05. The van der Waals surface area contributed by atoms with Crippen LogP contribution in [0.1, 0.15) is 58.4 Å². The summed E-state index contributed by atoms with van der Waals surface area (Å²) in [6.07, 6.45) is 0.976. The molecule has 0 fully saturated rings. The van der Waals surface area contributed by atoms with Gasteiger partial charge in [0, 0.05) is 11.3 Å². The van der Waals surface area contributed by atoms with Gasteiger partial charge in [0.05, 0.1) is 6.61 Å². The van der Waals surface area contributed by atoms with Crippen LogP contribution in [-0.2, 0) is 6.42 Å². The van der Waals surface area contributed by atoms with E-state index < -0.39 is 0 Å². The number of rotatable bonds is 3. The average Bonchev–Trinajstić information content (AvgIpc) is 2.38. The molecule has 1 rings (SSSR count). The van der Waals surface area contributed by atoms with Crippen LogP contribution >= 0.6 is 0 Å². The average molecular weight is 239 g/mol. The molecule has 2 heteroatoms. The van der Waals surface area contributed by atoms with Crippen LogP contribution in [0.15, 0.2) is 6.07 Å². The van der Waals surface area contributed by atoms with Crippen molar-refractivity contribution in [2.75, 3.05) is 6.61 Å². The highest BCUT2D eigenvalue weighted by Gasteiger charge is 2.05. The first-order valence-corrected chi connectivity index (χ1v) is 6.79. The van der Waals surface area contributed by atoms with Gasteiger partial charge in [0.25, 0.3) is 0 Å². The summed E-state index contributed by atoms with van der Waals surface area (Å²) in [7, 11) is 0. The SMILES string of the molecule is CC.CC.CCOc1nc(C)c(C)cc1CC. The summed E-state index contributed by atoms with van der Waals surface area (Å²) in [5, 5.41) is 0. The van der Waals surface area contributed by atoms with E-state index in [1.54, 1.807) is 0 Å². The Morgan fingerprint density at radius 1 is 1.06 bits per heavy atom. The lowest BCUT2D eigenvalue weighted by molar-refractivity contribution is 0.322. The fourth-order valence-corrected chi connectivity index (χ4v) is 1.25. The van der Waals surface area contributed by atoms with Crippen LogP contribution in [0.4, 0.5) is 0 Å². The summed E-state index contributed by atoms with van der Waals surface area (Å²) in [6.45, 7) is 16.9. The van der Waals surface area contributed by atoms with E-state index in [-0.39, 0.29) is 0 Å². The van der Waals surface area contributed by atoms with E-state index in [4.69, 9.17) is 4.74 Å². The van der Waals surface area contributed by atoms with E-state index in [9.17, 15) is 0 Å². The smallest absolute Gasteiger partial charge is 0.216 e. The number of hydrogen-bond donors (Lipinski definition) is 0. The fraction of sp³-hybridized carbons (Fsp3) is 0.667. The van der Waals surface area contributed by atoms with Gasteiger partial charge in [0.2, 0.25) is 5.88 Å². The molecule has 0 saturated heterocycles. The van der Waals surface area contributed by atoms with Crippen molar-refractivity contribution in [3.8, 4) is 5.88 Å². The van der Waals surface area contributed by atoms with Gasteiger partial charge in [0.1, 0.15) is 0 Å². The van der Waals surface area contributed by atoms with E-state index >= 15 is 0 Å². The van der Waals surface area contributed by atoms with E-state index in [1.165, 1.54) is 11.1 Å². The Labute approximate surface area is 107 Å². The van der Waals surface area contributed by atoms with Crippen LogP contribution in [0.3, 0.4) is 0 Å². The van der Waals surface area contributed by atoms with E-state index in [2.05, 4.69) is 24.9 Å². The first-order chi connectivity index (χ1) is 8.19. The molecule has 0 spiro atoms. The summed E-state index contributed by atoms with van der Waals surface area (Å²) in [5.41, 5.74) is 3.49. The van der Waals surface area contributed by atoms with E-state index in [0.717, 1.165) is 18.0 Å². The van der Waals surface area contributed by atoms with Gasteiger partial charge in [-0.15, -0.1) is 0 Å². The second-order valence-corrected chi connectivity index (χ2v) is 3.14. The Kier molecular flexibility index (Phi) is 12.3. The molecule has 2 nitrogen and oxygen atoms in total. The molecule has 0 aliphatic rings. The van der Waals surface area contributed by atoms with Crippen LogP contribution in [0.2, 0.25) is 0 Å². The summed E-state index contributed by atoms with van der Waals surface area (Å²) in [5.74, 6) is 0.799. The Balaban J connectivity index is 0. The molecule has 0 N–H and O–H groups in total. The van der Waals surface area contributed by atoms with E-state index in [0.29, 0.717) is 6.61 Å². The summed E-state index contributed by atoms with van der Waals surface area (Å²) < 4.78 is 5.45. The highest BCUT2D eigenvalue weighted by Crippen LogP contribution is 2.19. The van der Waals surface area contributed by atoms with Crippen LogP contribution in [0.5, 0.6) is 5.88 Å². The molecular weight excluding hydrogens is 210 g/mol. The van der Waals surface area contributed by atoms with Gasteiger partial charge in [0.15, 0.2) is 0 Å². The molecule has 0 radical (unpaired) electrons. The molecule has 0 aliphatic carbocycles. The molecule has 0 unspecified atom stereocenters. The number of hydrogen-bond acceptors (Lipinski definition) is 2. The second-order valence-electron chi connectivity index (χ2n) is 3.14. The number of nitrogens with zero attached hydrogens (tertiary/aromatic N) is 1. The van der Waals surface area contributed by atoms with Gasteiger partial charge >= 0.3 is 0 Å². The first-order valence-electron chi connectivity index (χ1n) is 6.79. The molecule has 0 aliphatic heterocycles. The molecule has 17 heavy (non-hydrogen) atoms. The number of aromatic nitrogens is 1. The monoisotopic (exact) mass is 239 g/mol. The van der Waals surface area contributed by atoms with Crippen molar-refractivity contribution in [1.82, 2.24) is 4.98 Å². The van der Waals surface area contributed by atoms with Crippen LogP contribution in [-0.4, -0.2) is 11.6 Å². The largest absolute Gasteiger partial charge is 0.478 e. The molecule has 1 aromatic heterocycles. The van der Waals surface area contributed by atoms with Crippen molar-refractivity contribution >= 4 is 0 Å². The van der Waals surface area contributed by atoms with Crippen molar-refractivity contribution in [2.24, 2.45) is 0 Å². The maximum atomic E-state index is 5.45. The Morgan fingerprint density at radius 3 is 2.00 bits per heavy atom. The first kappa shape index (κ1) is 18.3. The molecule has 1 aromatic rings. The van der Waals surface area contributed by atoms with Gasteiger partial charge < -0.3 is 4.74 Å². The van der Waals surface area contributed by atoms with Crippen LogP contribution < -0.4 is 4.74 Å². The normalized spacial score (nSPS) is 8.47. The lowest BCUT2D eigenvalue weighted by Crippen LogP contribution is -2.01. The van der Waals surface area contributed by atoms with Crippen LogP contribution in [0, 0.1) is 13.8 Å². The van der Waals surface area contributed by atoms with E-state index in [1.807, 2.05) is 41.5 Å². The molecule has 0 saturated carbocycles. The number of ether oxygens (including phenoxy) is 1. The minimum absolute atomic E-state index is 0.683. The van der Waals surface area contributed by atoms with Crippen molar-refractivity contribution < 1.29 is 4.74 Å². The molecule has 0 atom stereocenters. The third-order valence-corrected chi connectivity index (χ3v) is 2.17. The van der Waals surface area contributed by atoms with Gasteiger partial charge in [-0.05, 0) is 38.8 Å². The minimum Gasteiger partial charge on any atom is -0.478 e. The quantitative estimate of drug-likeness (QED) is 0.762. The zero-order valence-corrected chi connectivity index (χ0v) is 12.8. The molecule has 0 amide bonds. The van der Waals surface area contributed by atoms with Crippen molar-refractivity contribution in [1.29, 1.82) is 0 Å². The second kappa shape index (κ2) is 11.4. The van der Waals surface area contributed by atoms with Gasteiger partial charge in [-0.25, -0.2) is 4.98 Å². The third kappa shape index (κ3) is 6.30. The van der Waals surface area contributed by atoms with Crippen LogP contribution in [0.25, 0.3) is 0 Å². The molecule has 1 heterocycles. The van der Waals surface area contributed by atoms with Gasteiger partial charge in [-0.3, -0.25) is 0 Å². The minimum atomic E-state index is 0.683. The summed E-state index contributed by atoms with van der Waals surface area (Å²) >= 11 is 0. The van der Waals surface area contributed by atoms with Crippen molar-refractivity contribution in [2.45, 2.75) is 61.8 Å². The lowest BCUT2D eigenvalue weighted by Gasteiger charge is -2.10. The number of aryl methyl sites for hydroxylation is 3. The zero-order valence-electron chi connectivity index (χ0n) is 12.8. The molecular formula is C15H29NO. The zero-order chi connectivity index (χ0) is 13.8. The summed E-state index contributed by atoms with van der Waals surface area (Å²) in [6, 6.07) is 2.16. The predicted molar refractivity (Wildman–Crippen MR) is 77.0 cm³/mol. The third-order valence-electron chi connectivity index (χ3n) is 2.17. The maximum Gasteiger partial charge on any atom is 0.216 e. The number of pyridine rings is 1. The predicted octanol–water partition coefficient (Wildman–Crippen LogP) is 4.71. The lowest BCUT2D eigenvalue weighted by atomic mass is 10.1. The van der Waals surface area contributed by atoms with Gasteiger partial charge in [-0.1, -0.05) is 34.6 Å². The Morgan fingerprint density at radius 2 is 1.59 bits per heavy atom. The summed E-state index contributed by atoms with van der Waals surface area (Å²) in [4.78, 5) is 4.41. The topological polar surface area (TPSA) is 22.1 Å². The molecule has 0 aromatic carbocycles. The highest BCUT2D eigenvalue weighted by molar-refractivity contribution is 5.33. The molecule has 100 valence electrons. The maximum absolute atomic E-state index is 5.45. The molecule has 0 bridgehead atoms. The standard InChI is InChI=1S/C11H17NO.2C2H6/c1-5-10-7-8(3)9(4)12-11(10)13-6-2;2*1-2/h7H,5-6H2,1-4H3;2*1-2H3. The Bertz CT molecular complexity index is 295.